The maximum atomic E-state index is 10.8. The van der Waals surface area contributed by atoms with E-state index in [1.807, 2.05) is 0 Å². The summed E-state index contributed by atoms with van der Waals surface area (Å²) in [6.07, 6.45) is 3.31. The fraction of sp³-hybridized carbons (Fsp3) is 0.333. The number of epoxide rings is 1. The van der Waals surface area contributed by atoms with Crippen LogP contribution in [-0.2, 0) is 14.3 Å². The molecule has 1 aliphatic heterocycles. The first-order valence-corrected chi connectivity index (χ1v) is 3.64. The molecule has 1 aliphatic rings. The summed E-state index contributed by atoms with van der Waals surface area (Å²) in [5, 5.41) is 0. The fourth-order valence-corrected chi connectivity index (χ4v) is 0.906. The predicted molar refractivity (Wildman–Crippen MR) is 43.7 cm³/mol. The van der Waals surface area contributed by atoms with Crippen molar-refractivity contribution in [1.29, 1.82) is 0 Å². The van der Waals surface area contributed by atoms with Crippen LogP contribution in [0.25, 0.3) is 0 Å². The number of rotatable bonds is 4. The number of allylic oxidation sites excluding steroid dienone is 1. The first-order valence-electron chi connectivity index (χ1n) is 3.64. The van der Waals surface area contributed by atoms with Crippen molar-refractivity contribution in [3.63, 3.8) is 0 Å². The maximum absolute atomic E-state index is 10.8. The van der Waals surface area contributed by atoms with E-state index in [1.54, 1.807) is 6.08 Å². The third-order valence-corrected chi connectivity index (χ3v) is 1.70. The highest BCUT2D eigenvalue weighted by atomic mass is 16.6. The zero-order valence-electron chi connectivity index (χ0n) is 6.82. The SMILES string of the molecule is C=C(C(C)=O)C1OC1/C=C\C=O. The number of carbonyl (C=O) groups is 2. The number of hydrogen-bond donors (Lipinski definition) is 0. The minimum atomic E-state index is -0.210. The summed E-state index contributed by atoms with van der Waals surface area (Å²) < 4.78 is 5.08. The summed E-state index contributed by atoms with van der Waals surface area (Å²) in [5.74, 6) is -0.0676. The highest BCUT2D eigenvalue weighted by Crippen LogP contribution is 2.29. The minimum absolute atomic E-state index is 0.0676. The average molecular weight is 166 g/mol. The molecule has 1 rings (SSSR count). The van der Waals surface area contributed by atoms with Gasteiger partial charge in [0.15, 0.2) is 5.78 Å². The number of carbonyl (C=O) groups excluding carboxylic acids is 2. The number of ether oxygens (including phenoxy) is 1. The number of aldehydes is 1. The second-order valence-corrected chi connectivity index (χ2v) is 2.62. The first kappa shape index (κ1) is 8.87. The van der Waals surface area contributed by atoms with Gasteiger partial charge < -0.3 is 4.74 Å². The van der Waals surface area contributed by atoms with Gasteiger partial charge in [-0.25, -0.2) is 0 Å². The first-order chi connectivity index (χ1) is 5.66. The quantitative estimate of drug-likeness (QED) is 0.350. The Morgan fingerprint density at radius 2 is 2.25 bits per heavy atom. The molecule has 12 heavy (non-hydrogen) atoms. The normalized spacial score (nSPS) is 27.1. The Bertz CT molecular complexity index is 252. The monoisotopic (exact) mass is 166 g/mol. The van der Waals surface area contributed by atoms with E-state index in [-0.39, 0.29) is 18.0 Å². The fourth-order valence-electron chi connectivity index (χ4n) is 0.906. The molecule has 0 aromatic rings. The van der Waals surface area contributed by atoms with E-state index in [9.17, 15) is 9.59 Å². The molecule has 3 heteroatoms. The van der Waals surface area contributed by atoms with Crippen LogP contribution in [0.3, 0.4) is 0 Å². The van der Waals surface area contributed by atoms with Gasteiger partial charge >= 0.3 is 0 Å². The van der Waals surface area contributed by atoms with Gasteiger partial charge in [0.2, 0.25) is 0 Å². The highest BCUT2D eigenvalue weighted by molar-refractivity contribution is 5.94. The lowest BCUT2D eigenvalue weighted by molar-refractivity contribution is -0.113. The molecule has 1 heterocycles. The molecule has 2 atom stereocenters. The molecule has 1 saturated heterocycles. The lowest BCUT2D eigenvalue weighted by Gasteiger charge is -1.91. The van der Waals surface area contributed by atoms with Gasteiger partial charge in [-0.2, -0.15) is 0 Å². The summed E-state index contributed by atoms with van der Waals surface area (Å²) in [4.78, 5) is 20.7. The van der Waals surface area contributed by atoms with Crippen LogP contribution in [0, 0.1) is 0 Å². The van der Waals surface area contributed by atoms with Gasteiger partial charge in [0, 0.05) is 5.57 Å². The molecular weight excluding hydrogens is 156 g/mol. The van der Waals surface area contributed by atoms with E-state index in [2.05, 4.69) is 6.58 Å². The molecule has 0 radical (unpaired) electrons. The molecule has 1 fully saturated rings. The van der Waals surface area contributed by atoms with Crippen molar-refractivity contribution in [3.05, 3.63) is 24.3 Å². The van der Waals surface area contributed by atoms with Crippen molar-refractivity contribution in [2.45, 2.75) is 19.1 Å². The summed E-state index contributed by atoms with van der Waals surface area (Å²) in [6.45, 7) is 5.03. The second kappa shape index (κ2) is 3.45. The van der Waals surface area contributed by atoms with Crippen molar-refractivity contribution in [1.82, 2.24) is 0 Å². The molecule has 0 aromatic heterocycles. The largest absolute Gasteiger partial charge is 0.360 e. The molecule has 0 amide bonds. The van der Waals surface area contributed by atoms with E-state index >= 15 is 0 Å². The number of Topliss-reactive ketones (excluding diaryl/α,β-unsaturated/α-hetero) is 1. The molecule has 0 aliphatic carbocycles. The molecular formula is C9H10O3. The van der Waals surface area contributed by atoms with Crippen molar-refractivity contribution >= 4 is 12.1 Å². The van der Waals surface area contributed by atoms with Crippen LogP contribution >= 0.6 is 0 Å². The van der Waals surface area contributed by atoms with E-state index < -0.39 is 0 Å². The molecule has 0 bridgehead atoms. The Kier molecular flexibility index (Phi) is 2.55. The van der Waals surface area contributed by atoms with E-state index in [0.717, 1.165) is 0 Å². The lowest BCUT2D eigenvalue weighted by Crippen LogP contribution is -2.03. The van der Waals surface area contributed by atoms with Crippen molar-refractivity contribution in [2.24, 2.45) is 0 Å². The van der Waals surface area contributed by atoms with Crippen molar-refractivity contribution < 1.29 is 14.3 Å². The van der Waals surface area contributed by atoms with E-state index in [0.29, 0.717) is 11.9 Å². The predicted octanol–water partition coefficient (Wildman–Crippen LogP) is 0.654. The highest BCUT2D eigenvalue weighted by Gasteiger charge is 2.40. The van der Waals surface area contributed by atoms with Crippen LogP contribution in [0.15, 0.2) is 24.3 Å². The Hall–Kier alpha value is -1.22. The van der Waals surface area contributed by atoms with Gasteiger partial charge in [0.1, 0.15) is 18.5 Å². The third-order valence-electron chi connectivity index (χ3n) is 1.70. The molecule has 0 N–H and O–H groups in total. The summed E-state index contributed by atoms with van der Waals surface area (Å²) in [5.41, 5.74) is 0.468. The average Bonchev–Trinajstić information content (AvgIpc) is 2.78. The molecule has 0 spiro atoms. The minimum Gasteiger partial charge on any atom is -0.360 e. The summed E-state index contributed by atoms with van der Waals surface area (Å²) in [6, 6.07) is 0. The smallest absolute Gasteiger partial charge is 0.157 e. The zero-order valence-corrected chi connectivity index (χ0v) is 6.82. The lowest BCUT2D eigenvalue weighted by atomic mass is 10.1. The van der Waals surface area contributed by atoms with Gasteiger partial charge in [-0.05, 0) is 19.1 Å². The molecule has 2 unspecified atom stereocenters. The Balaban J connectivity index is 2.42. The van der Waals surface area contributed by atoms with E-state index in [1.165, 1.54) is 13.0 Å². The molecule has 3 nitrogen and oxygen atoms in total. The Morgan fingerprint density at radius 3 is 2.75 bits per heavy atom. The van der Waals surface area contributed by atoms with Crippen molar-refractivity contribution in [2.75, 3.05) is 0 Å². The second-order valence-electron chi connectivity index (χ2n) is 2.62. The molecule has 0 aromatic carbocycles. The zero-order chi connectivity index (χ0) is 9.14. The number of hydrogen-bond acceptors (Lipinski definition) is 3. The third kappa shape index (κ3) is 1.89. The van der Waals surface area contributed by atoms with Gasteiger partial charge in [-0.1, -0.05) is 6.58 Å². The Morgan fingerprint density at radius 1 is 1.58 bits per heavy atom. The maximum Gasteiger partial charge on any atom is 0.157 e. The van der Waals surface area contributed by atoms with Crippen LogP contribution in [0.1, 0.15) is 6.92 Å². The van der Waals surface area contributed by atoms with Gasteiger partial charge in [0.05, 0.1) is 0 Å². The number of ketones is 1. The van der Waals surface area contributed by atoms with Crippen LogP contribution in [0.2, 0.25) is 0 Å². The summed E-state index contributed by atoms with van der Waals surface area (Å²) in [7, 11) is 0. The standard InChI is InChI=1S/C9H10O3/c1-6(7(2)11)9-8(12-9)4-3-5-10/h3-5,8-9H,1H2,2H3/b4-3-. The van der Waals surface area contributed by atoms with Crippen LogP contribution in [-0.4, -0.2) is 24.3 Å². The van der Waals surface area contributed by atoms with Crippen LogP contribution in [0.5, 0.6) is 0 Å². The van der Waals surface area contributed by atoms with Crippen LogP contribution in [0.4, 0.5) is 0 Å². The van der Waals surface area contributed by atoms with Gasteiger partial charge in [-0.3, -0.25) is 9.59 Å². The van der Waals surface area contributed by atoms with Gasteiger partial charge in [0.25, 0.3) is 0 Å². The Labute approximate surface area is 70.7 Å². The molecule has 64 valence electrons. The van der Waals surface area contributed by atoms with Crippen LogP contribution < -0.4 is 0 Å². The van der Waals surface area contributed by atoms with Gasteiger partial charge in [-0.15, -0.1) is 0 Å². The summed E-state index contributed by atoms with van der Waals surface area (Å²) >= 11 is 0. The molecule has 0 saturated carbocycles. The topological polar surface area (TPSA) is 46.7 Å². The van der Waals surface area contributed by atoms with Crippen molar-refractivity contribution in [3.8, 4) is 0 Å². The van der Waals surface area contributed by atoms with E-state index in [4.69, 9.17) is 4.74 Å².